The lowest BCUT2D eigenvalue weighted by molar-refractivity contribution is 0.417. The number of hydrogen-bond donors (Lipinski definition) is 0. The van der Waals surface area contributed by atoms with E-state index < -0.39 is 0 Å². The highest BCUT2D eigenvalue weighted by Gasteiger charge is 2.03. The molecule has 56 valence electrons. The van der Waals surface area contributed by atoms with Gasteiger partial charge in [-0.3, -0.25) is 4.99 Å². The molecule has 0 saturated carbocycles. The molecule has 1 aliphatic heterocycles. The fourth-order valence-electron chi connectivity index (χ4n) is 1.01. The highest BCUT2D eigenvalue weighted by molar-refractivity contribution is 5.70. The molecular weight excluding hydrogens is 126 g/mol. The van der Waals surface area contributed by atoms with E-state index in [4.69, 9.17) is 0 Å². The maximum absolute atomic E-state index is 4.10. The molecule has 0 spiro atoms. The van der Waals surface area contributed by atoms with Crippen LogP contribution in [0.5, 0.6) is 0 Å². The van der Waals surface area contributed by atoms with Crippen LogP contribution in [0.1, 0.15) is 6.92 Å². The summed E-state index contributed by atoms with van der Waals surface area (Å²) >= 11 is 0. The van der Waals surface area contributed by atoms with Crippen LogP contribution in [0.4, 0.5) is 0 Å². The van der Waals surface area contributed by atoms with Crippen LogP contribution in [0, 0.1) is 5.92 Å². The fraction of sp³-hybridized carbons (Fsp3) is 0.714. The van der Waals surface area contributed by atoms with E-state index in [9.17, 15) is 0 Å². The summed E-state index contributed by atoms with van der Waals surface area (Å²) < 4.78 is 0. The Kier molecular flexibility index (Phi) is 2.42. The molecule has 0 aromatic rings. The summed E-state index contributed by atoms with van der Waals surface area (Å²) in [6.45, 7) is 4.12. The second kappa shape index (κ2) is 3.34. The fourth-order valence-corrected chi connectivity index (χ4v) is 1.01. The first-order chi connectivity index (χ1) is 4.79. The van der Waals surface area contributed by atoms with E-state index in [-0.39, 0.29) is 0 Å². The smallest absolute Gasteiger partial charge is 0.111 e. The van der Waals surface area contributed by atoms with Crippen molar-refractivity contribution in [2.75, 3.05) is 20.1 Å². The lowest BCUT2D eigenvalue weighted by Crippen LogP contribution is -2.25. The Labute approximate surface area is 61.5 Å². The van der Waals surface area contributed by atoms with Crippen molar-refractivity contribution in [3.8, 4) is 0 Å². The highest BCUT2D eigenvalue weighted by Crippen LogP contribution is 1.98. The monoisotopic (exact) mass is 139 g/mol. The van der Waals surface area contributed by atoms with Gasteiger partial charge in [-0.2, -0.15) is 0 Å². The Morgan fingerprint density at radius 1 is 1.60 bits per heavy atom. The Morgan fingerprint density at radius 3 is 3.20 bits per heavy atom. The largest absolute Gasteiger partial charge is 0.365 e. The lowest BCUT2D eigenvalue weighted by atomic mass is 10.2. The van der Waals surface area contributed by atoms with Gasteiger partial charge in [0.05, 0.1) is 6.34 Å². The van der Waals surface area contributed by atoms with E-state index in [2.05, 4.69) is 21.8 Å². The quantitative estimate of drug-likeness (QED) is 0.483. The Bertz CT molecular complexity index is 151. The number of hydrogen-bond acceptors (Lipinski definition) is 3. The SMILES string of the molecule is CC1C/N=C/N=C\N(C)C1. The Morgan fingerprint density at radius 2 is 2.40 bits per heavy atom. The van der Waals surface area contributed by atoms with E-state index in [1.807, 2.05) is 7.05 Å². The van der Waals surface area contributed by atoms with Gasteiger partial charge in [0.15, 0.2) is 0 Å². The standard InChI is InChI=1S/C7H13N3/c1-7-3-8-5-9-6-10(2)4-7/h5-7H,3-4H2,1-2H3/b8-5+,9-6-. The van der Waals surface area contributed by atoms with Gasteiger partial charge in [0.2, 0.25) is 0 Å². The third kappa shape index (κ3) is 2.17. The van der Waals surface area contributed by atoms with Crippen LogP contribution in [0.15, 0.2) is 9.98 Å². The molecule has 3 nitrogen and oxygen atoms in total. The van der Waals surface area contributed by atoms with Crippen LogP contribution in [-0.2, 0) is 0 Å². The van der Waals surface area contributed by atoms with Crippen LogP contribution >= 0.6 is 0 Å². The molecule has 0 aliphatic carbocycles. The van der Waals surface area contributed by atoms with Gasteiger partial charge in [0.1, 0.15) is 6.34 Å². The Balaban J connectivity index is 2.52. The number of aliphatic imine (C=N–C) groups is 2. The zero-order valence-corrected chi connectivity index (χ0v) is 6.49. The third-order valence-corrected chi connectivity index (χ3v) is 1.43. The third-order valence-electron chi connectivity index (χ3n) is 1.43. The normalized spacial score (nSPS) is 32.6. The molecule has 0 amide bonds. The van der Waals surface area contributed by atoms with Crippen molar-refractivity contribution >= 4 is 12.7 Å². The topological polar surface area (TPSA) is 28.0 Å². The molecule has 10 heavy (non-hydrogen) atoms. The van der Waals surface area contributed by atoms with Crippen LogP contribution in [0.2, 0.25) is 0 Å². The van der Waals surface area contributed by atoms with Crippen LogP contribution in [0.3, 0.4) is 0 Å². The molecule has 0 bridgehead atoms. The van der Waals surface area contributed by atoms with Gasteiger partial charge in [0.25, 0.3) is 0 Å². The predicted octanol–water partition coefficient (Wildman–Crippen LogP) is 0.625. The summed E-state index contributed by atoms with van der Waals surface area (Å²) in [5, 5.41) is 0. The Hall–Kier alpha value is -0.860. The predicted molar refractivity (Wildman–Crippen MR) is 43.6 cm³/mol. The van der Waals surface area contributed by atoms with Crippen molar-refractivity contribution in [1.82, 2.24) is 4.90 Å². The van der Waals surface area contributed by atoms with Gasteiger partial charge in [-0.15, -0.1) is 0 Å². The summed E-state index contributed by atoms with van der Waals surface area (Å²) in [6, 6.07) is 0. The van der Waals surface area contributed by atoms with Crippen LogP contribution in [0.25, 0.3) is 0 Å². The molecule has 1 rings (SSSR count). The zero-order valence-electron chi connectivity index (χ0n) is 6.49. The molecule has 1 aliphatic rings. The van der Waals surface area contributed by atoms with Crippen molar-refractivity contribution in [1.29, 1.82) is 0 Å². The second-order valence-corrected chi connectivity index (χ2v) is 2.79. The molecule has 1 atom stereocenters. The molecule has 0 fully saturated rings. The molecule has 0 aromatic heterocycles. The summed E-state index contributed by atoms with van der Waals surface area (Å²) in [5.41, 5.74) is 0. The molecule has 1 unspecified atom stereocenters. The van der Waals surface area contributed by atoms with Crippen molar-refractivity contribution < 1.29 is 0 Å². The highest BCUT2D eigenvalue weighted by atomic mass is 15.1. The number of rotatable bonds is 0. The maximum atomic E-state index is 4.10. The van der Waals surface area contributed by atoms with Crippen LogP contribution < -0.4 is 0 Å². The molecule has 1 heterocycles. The molecule has 3 heteroatoms. The summed E-state index contributed by atoms with van der Waals surface area (Å²) in [6.07, 6.45) is 3.42. The molecule has 0 saturated heterocycles. The van der Waals surface area contributed by atoms with Crippen molar-refractivity contribution in [2.24, 2.45) is 15.9 Å². The minimum atomic E-state index is 0.632. The van der Waals surface area contributed by atoms with Crippen molar-refractivity contribution in [3.63, 3.8) is 0 Å². The van der Waals surface area contributed by atoms with Gasteiger partial charge in [-0.25, -0.2) is 4.99 Å². The van der Waals surface area contributed by atoms with E-state index in [1.165, 1.54) is 0 Å². The van der Waals surface area contributed by atoms with Crippen molar-refractivity contribution in [2.45, 2.75) is 6.92 Å². The minimum absolute atomic E-state index is 0.632. The number of nitrogens with zero attached hydrogens (tertiary/aromatic N) is 3. The second-order valence-electron chi connectivity index (χ2n) is 2.79. The molecular formula is C7H13N3. The summed E-state index contributed by atoms with van der Waals surface area (Å²) in [7, 11) is 2.03. The average Bonchev–Trinajstić information content (AvgIpc) is 1.83. The summed E-state index contributed by atoms with van der Waals surface area (Å²) in [4.78, 5) is 10.1. The van der Waals surface area contributed by atoms with E-state index >= 15 is 0 Å². The van der Waals surface area contributed by atoms with Crippen LogP contribution in [-0.4, -0.2) is 37.7 Å². The van der Waals surface area contributed by atoms with Crippen molar-refractivity contribution in [3.05, 3.63) is 0 Å². The van der Waals surface area contributed by atoms with E-state index in [0.717, 1.165) is 13.1 Å². The molecule has 0 N–H and O–H groups in total. The van der Waals surface area contributed by atoms with E-state index in [0.29, 0.717) is 5.92 Å². The van der Waals surface area contributed by atoms with Gasteiger partial charge in [0, 0.05) is 20.1 Å². The van der Waals surface area contributed by atoms with Gasteiger partial charge >= 0.3 is 0 Å². The molecule has 0 radical (unpaired) electrons. The minimum Gasteiger partial charge on any atom is -0.365 e. The molecule has 0 aromatic carbocycles. The lowest BCUT2D eigenvalue weighted by Gasteiger charge is -2.18. The first kappa shape index (κ1) is 7.25. The maximum Gasteiger partial charge on any atom is 0.111 e. The summed E-state index contributed by atoms with van der Waals surface area (Å²) in [5.74, 6) is 0.632. The first-order valence-corrected chi connectivity index (χ1v) is 3.51. The van der Waals surface area contributed by atoms with Gasteiger partial charge in [-0.05, 0) is 5.92 Å². The van der Waals surface area contributed by atoms with Gasteiger partial charge in [-0.1, -0.05) is 6.92 Å². The van der Waals surface area contributed by atoms with E-state index in [1.54, 1.807) is 12.7 Å². The zero-order chi connectivity index (χ0) is 7.40. The van der Waals surface area contributed by atoms with Gasteiger partial charge < -0.3 is 4.90 Å². The average molecular weight is 139 g/mol. The first-order valence-electron chi connectivity index (χ1n) is 3.51.